The summed E-state index contributed by atoms with van der Waals surface area (Å²) in [5.74, 6) is 1.49. The summed E-state index contributed by atoms with van der Waals surface area (Å²) in [7, 11) is 0. The second kappa shape index (κ2) is 6.22. The zero-order chi connectivity index (χ0) is 13.7. The molecule has 102 valence electrons. The van der Waals surface area contributed by atoms with Crippen molar-refractivity contribution in [3.8, 4) is 5.75 Å². The van der Waals surface area contributed by atoms with Gasteiger partial charge in [0, 0.05) is 18.4 Å². The molecule has 2 rings (SSSR count). The van der Waals surface area contributed by atoms with Crippen LogP contribution in [-0.4, -0.2) is 21.4 Å². The summed E-state index contributed by atoms with van der Waals surface area (Å²) in [5.41, 5.74) is 0.911. The topological polar surface area (TPSA) is 52.0 Å². The molecular weight excluding hydrogens is 240 g/mol. The van der Waals surface area contributed by atoms with E-state index in [4.69, 9.17) is 4.74 Å². The first kappa shape index (κ1) is 13.4. The Balaban J connectivity index is 2.13. The van der Waals surface area contributed by atoms with Gasteiger partial charge in [0.15, 0.2) is 11.6 Å². The molecule has 2 aromatic rings. The van der Waals surface area contributed by atoms with Crippen LogP contribution in [0.25, 0.3) is 0 Å². The summed E-state index contributed by atoms with van der Waals surface area (Å²) in [6, 6.07) is 4.13. The predicted molar refractivity (Wildman–Crippen MR) is 75.9 cm³/mol. The molecular formula is C14H20N4O. The Kier molecular flexibility index (Phi) is 4.39. The molecule has 2 aromatic heterocycles. The van der Waals surface area contributed by atoms with E-state index in [1.54, 1.807) is 12.4 Å². The monoisotopic (exact) mass is 260 g/mol. The molecule has 0 unspecified atom stereocenters. The van der Waals surface area contributed by atoms with Gasteiger partial charge in [0.1, 0.15) is 0 Å². The summed E-state index contributed by atoms with van der Waals surface area (Å²) < 4.78 is 7.56. The first-order valence-corrected chi connectivity index (χ1v) is 6.59. The molecule has 0 atom stereocenters. The largest absolute Gasteiger partial charge is 0.490 e. The fourth-order valence-corrected chi connectivity index (χ4v) is 1.63. The average Bonchev–Trinajstić information content (AvgIpc) is 2.86. The lowest BCUT2D eigenvalue weighted by Gasteiger charge is -2.10. The van der Waals surface area contributed by atoms with Crippen molar-refractivity contribution in [3.05, 3.63) is 30.7 Å². The molecule has 0 aliphatic rings. The zero-order valence-corrected chi connectivity index (χ0v) is 11.6. The van der Waals surface area contributed by atoms with Crippen LogP contribution in [0.15, 0.2) is 30.7 Å². The van der Waals surface area contributed by atoms with Crippen molar-refractivity contribution in [3.63, 3.8) is 0 Å². The number of rotatable bonds is 6. The summed E-state index contributed by atoms with van der Waals surface area (Å²) in [6.07, 6.45) is 6.47. The summed E-state index contributed by atoms with van der Waals surface area (Å²) in [4.78, 5) is 4.31. The minimum Gasteiger partial charge on any atom is -0.490 e. The van der Waals surface area contributed by atoms with Crippen LogP contribution in [0.4, 0.5) is 11.5 Å². The van der Waals surface area contributed by atoms with E-state index in [0.29, 0.717) is 12.6 Å². The van der Waals surface area contributed by atoms with Gasteiger partial charge in [0.05, 0.1) is 18.5 Å². The van der Waals surface area contributed by atoms with Crippen LogP contribution >= 0.6 is 0 Å². The first-order valence-electron chi connectivity index (χ1n) is 6.59. The fourth-order valence-electron chi connectivity index (χ4n) is 1.63. The lowest BCUT2D eigenvalue weighted by molar-refractivity contribution is 0.318. The van der Waals surface area contributed by atoms with Crippen LogP contribution in [0.5, 0.6) is 5.75 Å². The Morgan fingerprint density at radius 2 is 2.26 bits per heavy atom. The maximum atomic E-state index is 5.66. The summed E-state index contributed by atoms with van der Waals surface area (Å²) in [5, 5.41) is 7.53. The molecule has 19 heavy (non-hydrogen) atoms. The zero-order valence-electron chi connectivity index (χ0n) is 11.6. The van der Waals surface area contributed by atoms with Gasteiger partial charge in [0.2, 0.25) is 0 Å². The van der Waals surface area contributed by atoms with Gasteiger partial charge in [-0.15, -0.1) is 0 Å². The van der Waals surface area contributed by atoms with Gasteiger partial charge in [-0.25, -0.2) is 4.98 Å². The number of pyridine rings is 1. The van der Waals surface area contributed by atoms with E-state index in [-0.39, 0.29) is 0 Å². The Morgan fingerprint density at radius 1 is 1.42 bits per heavy atom. The Bertz CT molecular complexity index is 522. The highest BCUT2D eigenvalue weighted by atomic mass is 16.5. The van der Waals surface area contributed by atoms with E-state index in [9.17, 15) is 0 Å². The fraction of sp³-hybridized carbons (Fsp3) is 0.429. The highest BCUT2D eigenvalue weighted by molar-refractivity contribution is 5.60. The molecule has 5 heteroatoms. The molecule has 0 amide bonds. The Hall–Kier alpha value is -2.04. The molecule has 0 aromatic carbocycles. The number of nitrogens with zero attached hydrogens (tertiary/aromatic N) is 3. The molecule has 0 aliphatic heterocycles. The van der Waals surface area contributed by atoms with Crippen LogP contribution in [0.3, 0.4) is 0 Å². The minimum absolute atomic E-state index is 0.343. The maximum absolute atomic E-state index is 5.66. The highest BCUT2D eigenvalue weighted by Crippen LogP contribution is 2.25. The minimum atomic E-state index is 0.343. The SMILES string of the molecule is CCCOc1cccnc1Nc1cnn(C(C)C)c1. The maximum Gasteiger partial charge on any atom is 0.173 e. The van der Waals surface area contributed by atoms with Gasteiger partial charge in [0.25, 0.3) is 0 Å². The Morgan fingerprint density at radius 3 is 2.95 bits per heavy atom. The van der Waals surface area contributed by atoms with E-state index in [1.165, 1.54) is 0 Å². The molecule has 1 N–H and O–H groups in total. The number of nitrogens with one attached hydrogen (secondary N) is 1. The van der Waals surface area contributed by atoms with Gasteiger partial charge < -0.3 is 10.1 Å². The van der Waals surface area contributed by atoms with E-state index in [1.807, 2.05) is 23.0 Å². The van der Waals surface area contributed by atoms with Gasteiger partial charge >= 0.3 is 0 Å². The third-order valence-corrected chi connectivity index (χ3v) is 2.63. The van der Waals surface area contributed by atoms with Crippen molar-refractivity contribution in [2.75, 3.05) is 11.9 Å². The third-order valence-electron chi connectivity index (χ3n) is 2.63. The molecule has 5 nitrogen and oxygen atoms in total. The van der Waals surface area contributed by atoms with Crippen LogP contribution in [0.2, 0.25) is 0 Å². The summed E-state index contributed by atoms with van der Waals surface area (Å²) >= 11 is 0. The van der Waals surface area contributed by atoms with Gasteiger partial charge in [-0.1, -0.05) is 6.92 Å². The number of ether oxygens (including phenoxy) is 1. The molecule has 0 radical (unpaired) electrons. The molecule has 0 aliphatic carbocycles. The third kappa shape index (κ3) is 3.47. The number of hydrogen-bond acceptors (Lipinski definition) is 4. The van der Waals surface area contributed by atoms with Crippen LogP contribution in [0, 0.1) is 0 Å². The second-order valence-corrected chi connectivity index (χ2v) is 4.63. The van der Waals surface area contributed by atoms with Crippen molar-refractivity contribution in [1.29, 1.82) is 0 Å². The van der Waals surface area contributed by atoms with Gasteiger partial charge in [-0.2, -0.15) is 5.10 Å². The van der Waals surface area contributed by atoms with Crippen molar-refractivity contribution in [1.82, 2.24) is 14.8 Å². The number of hydrogen-bond donors (Lipinski definition) is 1. The first-order chi connectivity index (χ1) is 9.20. The van der Waals surface area contributed by atoms with E-state index in [2.05, 4.69) is 36.2 Å². The Labute approximate surface area is 113 Å². The van der Waals surface area contributed by atoms with E-state index in [0.717, 1.165) is 23.7 Å². The van der Waals surface area contributed by atoms with Crippen LogP contribution < -0.4 is 10.1 Å². The molecule has 0 saturated carbocycles. The molecule has 0 spiro atoms. The normalized spacial score (nSPS) is 10.7. The number of anilines is 2. The number of aromatic nitrogens is 3. The smallest absolute Gasteiger partial charge is 0.173 e. The lowest BCUT2D eigenvalue weighted by atomic mass is 10.4. The van der Waals surface area contributed by atoms with Crippen molar-refractivity contribution >= 4 is 11.5 Å². The van der Waals surface area contributed by atoms with E-state index < -0.39 is 0 Å². The quantitative estimate of drug-likeness (QED) is 0.865. The van der Waals surface area contributed by atoms with Crippen molar-refractivity contribution in [2.24, 2.45) is 0 Å². The van der Waals surface area contributed by atoms with E-state index >= 15 is 0 Å². The lowest BCUT2D eigenvalue weighted by Crippen LogP contribution is -2.01. The average molecular weight is 260 g/mol. The van der Waals surface area contributed by atoms with Gasteiger partial charge in [-0.05, 0) is 32.4 Å². The van der Waals surface area contributed by atoms with Crippen LogP contribution in [0.1, 0.15) is 33.2 Å². The van der Waals surface area contributed by atoms with Gasteiger partial charge in [-0.3, -0.25) is 4.68 Å². The molecule has 0 saturated heterocycles. The van der Waals surface area contributed by atoms with Crippen molar-refractivity contribution in [2.45, 2.75) is 33.2 Å². The molecule has 0 bridgehead atoms. The standard InChI is InChI=1S/C14H20N4O/c1-4-8-19-13-6-5-7-15-14(13)17-12-9-16-18(10-12)11(2)3/h5-7,9-11H,4,8H2,1-3H3,(H,15,17). The van der Waals surface area contributed by atoms with Crippen molar-refractivity contribution < 1.29 is 4.74 Å². The second-order valence-electron chi connectivity index (χ2n) is 4.63. The highest BCUT2D eigenvalue weighted by Gasteiger charge is 2.07. The molecule has 2 heterocycles. The van der Waals surface area contributed by atoms with Crippen LogP contribution in [-0.2, 0) is 0 Å². The molecule has 0 fully saturated rings. The predicted octanol–water partition coefficient (Wildman–Crippen LogP) is 3.39. The summed E-state index contributed by atoms with van der Waals surface area (Å²) in [6.45, 7) is 6.95.